The van der Waals surface area contributed by atoms with E-state index in [0.717, 1.165) is 10.7 Å². The van der Waals surface area contributed by atoms with Gasteiger partial charge in [0.15, 0.2) is 0 Å². The number of rotatable bonds is 3. The molecule has 0 bridgehead atoms. The Morgan fingerprint density at radius 3 is 2.82 bits per heavy atom. The maximum Gasteiger partial charge on any atom is 0.224 e. The van der Waals surface area contributed by atoms with E-state index in [1.165, 1.54) is 6.07 Å². The Bertz CT molecular complexity index is 534. The van der Waals surface area contributed by atoms with Crippen molar-refractivity contribution < 1.29 is 14.2 Å². The fourth-order valence-corrected chi connectivity index (χ4v) is 1.67. The lowest BCUT2D eigenvalue weighted by molar-refractivity contribution is 0.274. The average Bonchev–Trinajstić information content (AvgIpc) is 2.34. The minimum Gasteiger partial charge on any atom is -0.437 e. The number of aromatic nitrogens is 1. The molecular weight excluding hydrogens is 289 g/mol. The molecule has 0 unspecified atom stereocenters. The second-order valence-electron chi connectivity index (χ2n) is 3.31. The number of hydrogen-bond acceptors (Lipinski definition) is 3. The van der Waals surface area contributed by atoms with Crippen LogP contribution in [0.25, 0.3) is 0 Å². The van der Waals surface area contributed by atoms with Crippen LogP contribution in [0.3, 0.4) is 0 Å². The predicted molar refractivity (Wildman–Crippen MR) is 64.3 cm³/mol. The maximum absolute atomic E-state index is 12.9. The molecule has 0 fully saturated rings. The monoisotopic (exact) mass is 297 g/mol. The van der Waals surface area contributed by atoms with Crippen LogP contribution in [0.5, 0.6) is 11.6 Å². The third-order valence-electron chi connectivity index (χ3n) is 2.11. The van der Waals surface area contributed by atoms with Crippen molar-refractivity contribution in [2.75, 3.05) is 0 Å². The van der Waals surface area contributed by atoms with Crippen molar-refractivity contribution in [3.63, 3.8) is 0 Å². The van der Waals surface area contributed by atoms with Crippen LogP contribution < -0.4 is 4.74 Å². The van der Waals surface area contributed by atoms with E-state index in [4.69, 9.17) is 9.84 Å². The largest absolute Gasteiger partial charge is 0.437 e. The number of ether oxygens (including phenoxy) is 1. The molecule has 1 heterocycles. The third kappa shape index (κ3) is 2.81. The lowest BCUT2D eigenvalue weighted by atomic mass is 10.3. The minimum atomic E-state index is -0.506. The molecule has 0 saturated carbocycles. The Balaban J connectivity index is 2.33. The molecule has 88 valence electrons. The molecule has 1 N–H and O–H groups in total. The SMILES string of the molecule is OCc1cc(F)cnc1Oc1ccccc1Br. The molecule has 0 aliphatic carbocycles. The quantitative estimate of drug-likeness (QED) is 0.945. The summed E-state index contributed by atoms with van der Waals surface area (Å²) in [6, 6.07) is 8.41. The van der Waals surface area contributed by atoms with Gasteiger partial charge in [-0.25, -0.2) is 9.37 Å². The lowest BCUT2D eigenvalue weighted by Gasteiger charge is -2.09. The van der Waals surface area contributed by atoms with Crippen LogP contribution in [0, 0.1) is 5.82 Å². The average molecular weight is 298 g/mol. The maximum atomic E-state index is 12.9. The van der Waals surface area contributed by atoms with Crippen LogP contribution in [0.1, 0.15) is 5.56 Å². The second kappa shape index (κ2) is 5.25. The van der Waals surface area contributed by atoms with Crippen molar-refractivity contribution >= 4 is 15.9 Å². The van der Waals surface area contributed by atoms with Crippen molar-refractivity contribution in [3.8, 4) is 11.6 Å². The van der Waals surface area contributed by atoms with Crippen LogP contribution in [0.2, 0.25) is 0 Å². The van der Waals surface area contributed by atoms with Gasteiger partial charge in [0.25, 0.3) is 0 Å². The van der Waals surface area contributed by atoms with E-state index in [1.807, 2.05) is 18.2 Å². The van der Waals surface area contributed by atoms with Crippen LogP contribution in [-0.2, 0) is 6.61 Å². The topological polar surface area (TPSA) is 42.4 Å². The summed E-state index contributed by atoms with van der Waals surface area (Å²) in [5.74, 6) is 0.246. The van der Waals surface area contributed by atoms with Crippen molar-refractivity contribution in [3.05, 3.63) is 52.4 Å². The first-order valence-electron chi connectivity index (χ1n) is 4.88. The number of pyridine rings is 1. The number of halogens is 2. The number of aliphatic hydroxyl groups excluding tert-OH is 1. The standard InChI is InChI=1S/C12H9BrFNO2/c13-10-3-1-2-4-11(10)17-12-8(7-16)5-9(14)6-15-12/h1-6,16H,7H2. The zero-order chi connectivity index (χ0) is 12.3. The van der Waals surface area contributed by atoms with Crippen molar-refractivity contribution in [1.82, 2.24) is 4.98 Å². The molecule has 2 aromatic rings. The Morgan fingerprint density at radius 1 is 1.35 bits per heavy atom. The van der Waals surface area contributed by atoms with Gasteiger partial charge in [0, 0.05) is 5.56 Å². The highest BCUT2D eigenvalue weighted by Gasteiger charge is 2.09. The summed E-state index contributed by atoms with van der Waals surface area (Å²) in [6.07, 6.45) is 1.05. The molecule has 2 rings (SSSR count). The van der Waals surface area contributed by atoms with Crippen molar-refractivity contribution in [2.24, 2.45) is 0 Å². The summed E-state index contributed by atoms with van der Waals surface area (Å²) in [5.41, 5.74) is 0.306. The van der Waals surface area contributed by atoms with E-state index in [2.05, 4.69) is 20.9 Å². The highest BCUT2D eigenvalue weighted by Crippen LogP contribution is 2.30. The molecule has 1 aromatic heterocycles. The summed E-state index contributed by atoms with van der Waals surface area (Å²) in [4.78, 5) is 3.81. The van der Waals surface area contributed by atoms with Crippen LogP contribution >= 0.6 is 15.9 Å². The molecule has 0 spiro atoms. The van der Waals surface area contributed by atoms with E-state index in [9.17, 15) is 4.39 Å². The Morgan fingerprint density at radius 2 is 2.12 bits per heavy atom. The second-order valence-corrected chi connectivity index (χ2v) is 4.16. The van der Waals surface area contributed by atoms with Gasteiger partial charge in [-0.15, -0.1) is 0 Å². The third-order valence-corrected chi connectivity index (χ3v) is 2.76. The van der Waals surface area contributed by atoms with Crippen molar-refractivity contribution in [2.45, 2.75) is 6.61 Å². The van der Waals surface area contributed by atoms with Gasteiger partial charge in [0.05, 0.1) is 17.3 Å². The van der Waals surface area contributed by atoms with Crippen LogP contribution in [0.4, 0.5) is 4.39 Å². The molecule has 3 nitrogen and oxygen atoms in total. The first kappa shape index (κ1) is 12.0. The first-order chi connectivity index (χ1) is 8.20. The summed E-state index contributed by atoms with van der Waals surface area (Å²) >= 11 is 3.33. The molecule has 17 heavy (non-hydrogen) atoms. The Hall–Kier alpha value is -1.46. The number of aliphatic hydroxyl groups is 1. The zero-order valence-electron chi connectivity index (χ0n) is 8.73. The fraction of sp³-hybridized carbons (Fsp3) is 0.0833. The highest BCUT2D eigenvalue weighted by molar-refractivity contribution is 9.10. The van der Waals surface area contributed by atoms with Crippen molar-refractivity contribution in [1.29, 1.82) is 0 Å². The molecule has 0 atom stereocenters. The van der Waals surface area contributed by atoms with E-state index in [-0.39, 0.29) is 12.5 Å². The lowest BCUT2D eigenvalue weighted by Crippen LogP contribution is -1.96. The number of nitrogens with zero attached hydrogens (tertiary/aromatic N) is 1. The van der Waals surface area contributed by atoms with Crippen LogP contribution in [0.15, 0.2) is 41.0 Å². The van der Waals surface area contributed by atoms with E-state index >= 15 is 0 Å². The van der Waals surface area contributed by atoms with Gasteiger partial charge in [0.2, 0.25) is 5.88 Å². The highest BCUT2D eigenvalue weighted by atomic mass is 79.9. The normalized spacial score (nSPS) is 10.3. The molecule has 0 radical (unpaired) electrons. The van der Waals surface area contributed by atoms with Gasteiger partial charge in [-0.2, -0.15) is 0 Å². The Labute approximate surface area is 106 Å². The van der Waals surface area contributed by atoms with Gasteiger partial charge in [-0.1, -0.05) is 12.1 Å². The van der Waals surface area contributed by atoms with E-state index in [0.29, 0.717) is 11.3 Å². The number of para-hydroxylation sites is 1. The molecule has 0 aliphatic heterocycles. The minimum absolute atomic E-state index is 0.195. The fourth-order valence-electron chi connectivity index (χ4n) is 1.31. The number of benzene rings is 1. The van der Waals surface area contributed by atoms with Gasteiger partial charge in [0.1, 0.15) is 11.6 Å². The van der Waals surface area contributed by atoms with E-state index < -0.39 is 5.82 Å². The number of hydrogen-bond donors (Lipinski definition) is 1. The molecular formula is C12H9BrFNO2. The predicted octanol–water partition coefficient (Wildman–Crippen LogP) is 3.27. The molecule has 0 saturated heterocycles. The Kier molecular flexibility index (Phi) is 3.71. The van der Waals surface area contributed by atoms with Gasteiger partial charge in [-0.05, 0) is 34.1 Å². The van der Waals surface area contributed by atoms with Gasteiger partial charge < -0.3 is 9.84 Å². The van der Waals surface area contributed by atoms with Crippen LogP contribution in [-0.4, -0.2) is 10.1 Å². The first-order valence-corrected chi connectivity index (χ1v) is 5.67. The summed E-state index contributed by atoms with van der Waals surface area (Å²) in [5, 5.41) is 9.09. The molecule has 1 aromatic carbocycles. The summed E-state index contributed by atoms with van der Waals surface area (Å²) in [6.45, 7) is -0.329. The smallest absolute Gasteiger partial charge is 0.224 e. The summed E-state index contributed by atoms with van der Waals surface area (Å²) in [7, 11) is 0. The van der Waals surface area contributed by atoms with E-state index in [1.54, 1.807) is 6.07 Å². The van der Waals surface area contributed by atoms with Gasteiger partial charge >= 0.3 is 0 Å². The van der Waals surface area contributed by atoms with Gasteiger partial charge in [-0.3, -0.25) is 0 Å². The zero-order valence-corrected chi connectivity index (χ0v) is 10.3. The summed E-state index contributed by atoms with van der Waals surface area (Å²) < 4.78 is 19.2. The molecule has 5 heteroatoms. The molecule has 0 aliphatic rings. The molecule has 0 amide bonds.